The maximum absolute atomic E-state index is 9.92. The topological polar surface area (TPSA) is 46.5 Å². The zero-order chi connectivity index (χ0) is 7.28. The van der Waals surface area contributed by atoms with Crippen molar-refractivity contribution >= 4 is 17.6 Å². The first-order valence-corrected chi connectivity index (χ1v) is 2.76. The van der Waals surface area contributed by atoms with E-state index in [0.29, 0.717) is 6.61 Å². The van der Waals surface area contributed by atoms with Gasteiger partial charge in [-0.2, -0.15) is 0 Å². The molecule has 3 nitrogen and oxygen atoms in total. The SMILES string of the molecule is CCO/C=C(/Cl)C(=O)O. The maximum Gasteiger partial charge on any atom is 0.350 e. The molecular formula is C5H7ClO3. The molecule has 0 bridgehead atoms. The molecule has 52 valence electrons. The van der Waals surface area contributed by atoms with E-state index in [1.54, 1.807) is 6.92 Å². The number of halogens is 1. The molecule has 1 N–H and O–H groups in total. The number of carbonyl (C=O) groups is 1. The van der Waals surface area contributed by atoms with Crippen LogP contribution in [0.4, 0.5) is 0 Å². The van der Waals surface area contributed by atoms with Gasteiger partial charge in [-0.15, -0.1) is 0 Å². The molecule has 0 saturated heterocycles. The molecule has 0 aliphatic rings. The molecule has 0 aliphatic heterocycles. The second-order valence-electron chi connectivity index (χ2n) is 1.23. The molecule has 0 radical (unpaired) electrons. The van der Waals surface area contributed by atoms with Gasteiger partial charge >= 0.3 is 5.97 Å². The third-order valence-corrected chi connectivity index (χ3v) is 0.809. The van der Waals surface area contributed by atoms with Crippen LogP contribution in [0.3, 0.4) is 0 Å². The van der Waals surface area contributed by atoms with E-state index in [1.165, 1.54) is 0 Å². The minimum absolute atomic E-state index is 0.308. The number of carboxylic acid groups (broad SMARTS) is 1. The van der Waals surface area contributed by atoms with Crippen molar-refractivity contribution in [1.29, 1.82) is 0 Å². The minimum atomic E-state index is -1.18. The fraction of sp³-hybridized carbons (Fsp3) is 0.400. The van der Waals surface area contributed by atoms with E-state index in [-0.39, 0.29) is 5.03 Å². The molecule has 0 saturated carbocycles. The summed E-state index contributed by atoms with van der Waals surface area (Å²) in [5.41, 5.74) is 0. The first-order valence-electron chi connectivity index (χ1n) is 2.39. The number of carboxylic acids is 1. The summed E-state index contributed by atoms with van der Waals surface area (Å²) in [5, 5.41) is 7.82. The van der Waals surface area contributed by atoms with Crippen LogP contribution in [-0.4, -0.2) is 17.7 Å². The summed E-state index contributed by atoms with van der Waals surface area (Å²) in [5.74, 6) is -1.18. The Balaban J connectivity index is 3.69. The number of ether oxygens (including phenoxy) is 1. The van der Waals surface area contributed by atoms with Gasteiger partial charge in [-0.25, -0.2) is 4.79 Å². The lowest BCUT2D eigenvalue weighted by molar-refractivity contribution is -0.132. The molecule has 0 rings (SSSR count). The fourth-order valence-corrected chi connectivity index (χ4v) is 0.270. The Labute approximate surface area is 57.9 Å². The van der Waals surface area contributed by atoms with Gasteiger partial charge in [0, 0.05) is 0 Å². The van der Waals surface area contributed by atoms with Crippen LogP contribution in [0, 0.1) is 0 Å². The highest BCUT2D eigenvalue weighted by Gasteiger charge is 2.00. The number of rotatable bonds is 3. The largest absolute Gasteiger partial charge is 0.500 e. The summed E-state index contributed by atoms with van der Waals surface area (Å²) in [7, 11) is 0. The van der Waals surface area contributed by atoms with Crippen LogP contribution in [-0.2, 0) is 9.53 Å². The molecule has 9 heavy (non-hydrogen) atoms. The molecule has 0 atom stereocenters. The van der Waals surface area contributed by atoms with Crippen molar-refractivity contribution in [3.8, 4) is 0 Å². The van der Waals surface area contributed by atoms with Crippen LogP contribution in [0.5, 0.6) is 0 Å². The summed E-state index contributed by atoms with van der Waals surface area (Å²) in [6.45, 7) is 2.16. The highest BCUT2D eigenvalue weighted by Crippen LogP contribution is 1.99. The van der Waals surface area contributed by atoms with Crippen LogP contribution < -0.4 is 0 Å². The van der Waals surface area contributed by atoms with Crippen LogP contribution in [0.25, 0.3) is 0 Å². The predicted octanol–water partition coefficient (Wildman–Crippen LogP) is 1.19. The third-order valence-electron chi connectivity index (χ3n) is 0.558. The Kier molecular flexibility index (Phi) is 3.88. The zero-order valence-electron chi connectivity index (χ0n) is 4.93. The van der Waals surface area contributed by atoms with Crippen molar-refractivity contribution in [2.75, 3.05) is 6.61 Å². The van der Waals surface area contributed by atoms with Gasteiger partial charge in [0.2, 0.25) is 0 Å². The molecule has 0 heterocycles. The summed E-state index contributed by atoms with van der Waals surface area (Å²) in [6.07, 6.45) is 1.00. The van der Waals surface area contributed by atoms with Crippen LogP contribution >= 0.6 is 11.6 Å². The summed E-state index contributed by atoms with van der Waals surface area (Å²) in [4.78, 5) is 9.92. The first-order chi connectivity index (χ1) is 4.18. The first kappa shape index (κ1) is 8.30. The highest BCUT2D eigenvalue weighted by atomic mass is 35.5. The normalized spacial score (nSPS) is 11.1. The average molecular weight is 151 g/mol. The minimum Gasteiger partial charge on any atom is -0.500 e. The lowest BCUT2D eigenvalue weighted by atomic mass is 10.6. The Hall–Kier alpha value is -0.700. The highest BCUT2D eigenvalue weighted by molar-refractivity contribution is 6.40. The number of hydrogen-bond donors (Lipinski definition) is 1. The quantitative estimate of drug-likeness (QED) is 0.486. The van der Waals surface area contributed by atoms with Gasteiger partial charge in [-0.3, -0.25) is 0 Å². The van der Waals surface area contributed by atoms with E-state index in [9.17, 15) is 4.79 Å². The molecule has 4 heteroatoms. The summed E-state index contributed by atoms with van der Waals surface area (Å²) < 4.78 is 4.58. The van der Waals surface area contributed by atoms with Crippen LogP contribution in [0.2, 0.25) is 0 Å². The van der Waals surface area contributed by atoms with Crippen molar-refractivity contribution in [2.24, 2.45) is 0 Å². The van der Waals surface area contributed by atoms with E-state index < -0.39 is 5.97 Å². The van der Waals surface area contributed by atoms with Gasteiger partial charge in [-0.1, -0.05) is 11.6 Å². The Morgan fingerprint density at radius 1 is 1.89 bits per heavy atom. The van der Waals surface area contributed by atoms with E-state index in [4.69, 9.17) is 16.7 Å². The molecule has 0 aromatic heterocycles. The fourth-order valence-electron chi connectivity index (χ4n) is 0.207. The Morgan fingerprint density at radius 2 is 2.44 bits per heavy atom. The van der Waals surface area contributed by atoms with Crippen molar-refractivity contribution in [1.82, 2.24) is 0 Å². The van der Waals surface area contributed by atoms with Gasteiger partial charge < -0.3 is 9.84 Å². The Bertz CT molecular complexity index is 130. The summed E-state index contributed by atoms with van der Waals surface area (Å²) in [6, 6.07) is 0. The molecule has 0 unspecified atom stereocenters. The maximum atomic E-state index is 9.92. The molecule has 0 fully saturated rings. The molecule has 0 aromatic carbocycles. The lowest BCUT2D eigenvalue weighted by Crippen LogP contribution is -1.94. The van der Waals surface area contributed by atoms with Crippen molar-refractivity contribution in [3.63, 3.8) is 0 Å². The third kappa shape index (κ3) is 3.85. The lowest BCUT2D eigenvalue weighted by Gasteiger charge is -1.92. The molecular weight excluding hydrogens is 144 g/mol. The van der Waals surface area contributed by atoms with Crippen LogP contribution in [0.1, 0.15) is 6.92 Å². The van der Waals surface area contributed by atoms with E-state index in [0.717, 1.165) is 6.26 Å². The van der Waals surface area contributed by atoms with Gasteiger partial charge in [0.05, 0.1) is 6.61 Å². The van der Waals surface area contributed by atoms with Crippen LogP contribution in [0.15, 0.2) is 11.3 Å². The zero-order valence-corrected chi connectivity index (χ0v) is 5.68. The number of hydrogen-bond acceptors (Lipinski definition) is 2. The van der Waals surface area contributed by atoms with Crippen molar-refractivity contribution in [3.05, 3.63) is 11.3 Å². The van der Waals surface area contributed by atoms with Crippen molar-refractivity contribution < 1.29 is 14.6 Å². The molecule has 0 aliphatic carbocycles. The van der Waals surface area contributed by atoms with E-state index >= 15 is 0 Å². The smallest absolute Gasteiger partial charge is 0.350 e. The van der Waals surface area contributed by atoms with Gasteiger partial charge in [0.25, 0.3) is 0 Å². The second-order valence-corrected chi connectivity index (χ2v) is 1.63. The molecule has 0 spiro atoms. The molecule has 0 aromatic rings. The van der Waals surface area contributed by atoms with Gasteiger partial charge in [0.15, 0.2) is 5.03 Å². The standard InChI is InChI=1S/C5H7ClO3/c1-2-9-3-4(6)5(7)8/h3H,2H2,1H3,(H,7,8)/b4-3+. The summed E-state index contributed by atoms with van der Waals surface area (Å²) >= 11 is 5.13. The van der Waals surface area contributed by atoms with E-state index in [2.05, 4.69) is 4.74 Å². The van der Waals surface area contributed by atoms with Gasteiger partial charge in [-0.05, 0) is 6.92 Å². The predicted molar refractivity (Wildman–Crippen MR) is 33.2 cm³/mol. The van der Waals surface area contributed by atoms with Gasteiger partial charge in [0.1, 0.15) is 6.26 Å². The second kappa shape index (κ2) is 4.21. The van der Waals surface area contributed by atoms with Crippen molar-refractivity contribution in [2.45, 2.75) is 6.92 Å². The number of aliphatic carboxylic acids is 1. The monoisotopic (exact) mass is 150 g/mol. The average Bonchev–Trinajstić information content (AvgIpc) is 1.82. The van der Waals surface area contributed by atoms with E-state index in [1.807, 2.05) is 0 Å². The Morgan fingerprint density at radius 3 is 2.78 bits per heavy atom. The molecule has 0 amide bonds.